The molecule has 2 aromatic rings. The molecule has 0 atom stereocenters. The number of amides is 1. The summed E-state index contributed by atoms with van der Waals surface area (Å²) in [5.74, 6) is -0.988. The molecule has 25 heavy (non-hydrogen) atoms. The van der Waals surface area contributed by atoms with Crippen molar-refractivity contribution in [3.05, 3.63) is 53.4 Å². The Morgan fingerprint density at radius 1 is 1.20 bits per heavy atom. The maximum Gasteiger partial charge on any atom is 0.266 e. The minimum Gasteiger partial charge on any atom is -0.502 e. The van der Waals surface area contributed by atoms with E-state index in [-0.39, 0.29) is 22.8 Å². The number of hydrogen-bond acceptors (Lipinski definition) is 5. The van der Waals surface area contributed by atoms with E-state index in [1.165, 1.54) is 56.7 Å². The molecule has 1 amide bonds. The summed E-state index contributed by atoms with van der Waals surface area (Å²) in [6.07, 6.45) is 1.32. The van der Waals surface area contributed by atoms with Gasteiger partial charge in [-0.3, -0.25) is 4.79 Å². The molecule has 0 saturated carbocycles. The third-order valence-corrected chi connectivity index (χ3v) is 3.28. The highest BCUT2D eigenvalue weighted by Gasteiger charge is 2.13. The second kappa shape index (κ2) is 7.84. The first-order chi connectivity index (χ1) is 12.0. The molecule has 0 saturated heterocycles. The molecule has 0 spiro atoms. The van der Waals surface area contributed by atoms with E-state index >= 15 is 0 Å². The van der Waals surface area contributed by atoms with Crippen molar-refractivity contribution >= 4 is 17.7 Å². The number of methoxy groups -OCH3 is 2. The number of halogens is 1. The maximum absolute atomic E-state index is 12.9. The zero-order valence-electron chi connectivity index (χ0n) is 13.5. The molecule has 2 N–H and O–H groups in total. The van der Waals surface area contributed by atoms with Crippen molar-refractivity contribution in [1.82, 2.24) is 0 Å². The number of rotatable bonds is 5. The van der Waals surface area contributed by atoms with Gasteiger partial charge in [-0.25, -0.2) is 4.39 Å². The van der Waals surface area contributed by atoms with Crippen LogP contribution in [0.4, 0.5) is 10.1 Å². The molecule has 0 unspecified atom stereocenters. The van der Waals surface area contributed by atoms with Crippen LogP contribution in [0.15, 0.2) is 42.0 Å². The quantitative estimate of drug-likeness (QED) is 0.643. The molecular formula is C18H15FN2O4. The van der Waals surface area contributed by atoms with Crippen LogP contribution in [-0.4, -0.2) is 25.2 Å². The van der Waals surface area contributed by atoms with E-state index in [9.17, 15) is 19.6 Å². The van der Waals surface area contributed by atoms with Gasteiger partial charge in [0, 0.05) is 5.69 Å². The number of benzene rings is 2. The third-order valence-electron chi connectivity index (χ3n) is 3.28. The highest BCUT2D eigenvalue weighted by atomic mass is 19.1. The van der Waals surface area contributed by atoms with Gasteiger partial charge in [-0.1, -0.05) is 0 Å². The number of aromatic hydroxyl groups is 1. The molecule has 128 valence electrons. The van der Waals surface area contributed by atoms with E-state index in [1.54, 1.807) is 6.07 Å². The van der Waals surface area contributed by atoms with Crippen LogP contribution < -0.4 is 14.8 Å². The predicted molar refractivity (Wildman–Crippen MR) is 89.8 cm³/mol. The first kappa shape index (κ1) is 17.8. The highest BCUT2D eigenvalue weighted by Crippen LogP contribution is 2.37. The lowest BCUT2D eigenvalue weighted by atomic mass is 10.1. The summed E-state index contributed by atoms with van der Waals surface area (Å²) in [6, 6.07) is 9.88. The minimum absolute atomic E-state index is 0.141. The van der Waals surface area contributed by atoms with Gasteiger partial charge in [-0.15, -0.1) is 0 Å². The number of phenols is 1. The number of ether oxygens (including phenoxy) is 2. The van der Waals surface area contributed by atoms with Crippen LogP contribution in [0, 0.1) is 17.1 Å². The zero-order valence-corrected chi connectivity index (χ0v) is 13.5. The Kier molecular flexibility index (Phi) is 5.58. The lowest BCUT2D eigenvalue weighted by molar-refractivity contribution is -0.112. The van der Waals surface area contributed by atoms with Gasteiger partial charge < -0.3 is 19.9 Å². The summed E-state index contributed by atoms with van der Waals surface area (Å²) in [4.78, 5) is 12.2. The van der Waals surface area contributed by atoms with E-state index in [2.05, 4.69) is 5.32 Å². The molecule has 6 nitrogen and oxygen atoms in total. The molecular weight excluding hydrogens is 327 g/mol. The van der Waals surface area contributed by atoms with Crippen molar-refractivity contribution in [2.24, 2.45) is 0 Å². The third kappa shape index (κ3) is 4.26. The summed E-state index contributed by atoms with van der Waals surface area (Å²) in [6.45, 7) is 0. The number of carbonyl (C=O) groups is 1. The van der Waals surface area contributed by atoms with Crippen LogP contribution in [0.5, 0.6) is 17.2 Å². The Balaban J connectivity index is 2.32. The van der Waals surface area contributed by atoms with Gasteiger partial charge in [0.05, 0.1) is 14.2 Å². The lowest BCUT2D eigenvalue weighted by Crippen LogP contribution is -2.13. The smallest absolute Gasteiger partial charge is 0.266 e. The first-order valence-corrected chi connectivity index (χ1v) is 7.12. The van der Waals surface area contributed by atoms with Crippen LogP contribution in [-0.2, 0) is 4.79 Å². The van der Waals surface area contributed by atoms with E-state index in [0.29, 0.717) is 11.3 Å². The number of hydrogen-bond donors (Lipinski definition) is 2. The van der Waals surface area contributed by atoms with Crippen LogP contribution in [0.2, 0.25) is 0 Å². The predicted octanol–water partition coefficient (Wildman–Crippen LogP) is 3.09. The molecule has 0 aliphatic heterocycles. The summed E-state index contributed by atoms with van der Waals surface area (Å²) in [5, 5.41) is 21.6. The first-order valence-electron chi connectivity index (χ1n) is 7.12. The van der Waals surface area contributed by atoms with Crippen molar-refractivity contribution in [3.63, 3.8) is 0 Å². The monoisotopic (exact) mass is 342 g/mol. The molecule has 2 rings (SSSR count). The Bertz CT molecular complexity index is 829. The molecule has 0 aliphatic rings. The maximum atomic E-state index is 12.9. The normalized spacial score (nSPS) is 10.7. The van der Waals surface area contributed by atoms with Crippen LogP contribution in [0.3, 0.4) is 0 Å². The standard InChI is InChI=1S/C18H15FN2O4/c1-24-15-8-11(9-16(25-2)17(15)22)7-12(10-20)18(23)21-14-5-3-13(19)4-6-14/h3-9,22H,1-2H3,(H,21,23)/b12-7+. The van der Waals surface area contributed by atoms with Gasteiger partial charge in [0.2, 0.25) is 5.75 Å². The molecule has 0 radical (unpaired) electrons. The van der Waals surface area contributed by atoms with E-state index < -0.39 is 11.7 Å². The van der Waals surface area contributed by atoms with Crippen molar-refractivity contribution in [3.8, 4) is 23.3 Å². The second-order valence-electron chi connectivity index (χ2n) is 4.90. The van der Waals surface area contributed by atoms with Gasteiger partial charge in [-0.05, 0) is 48.0 Å². The zero-order chi connectivity index (χ0) is 18.4. The van der Waals surface area contributed by atoms with Crippen LogP contribution >= 0.6 is 0 Å². The number of nitrogens with one attached hydrogen (secondary N) is 1. The van der Waals surface area contributed by atoms with Crippen molar-refractivity contribution in [1.29, 1.82) is 5.26 Å². The summed E-state index contributed by atoms with van der Waals surface area (Å²) in [5.41, 5.74) is 0.602. The van der Waals surface area contributed by atoms with Gasteiger partial charge >= 0.3 is 0 Å². The fourth-order valence-corrected chi connectivity index (χ4v) is 2.04. The van der Waals surface area contributed by atoms with Gasteiger partial charge in [-0.2, -0.15) is 5.26 Å². The largest absolute Gasteiger partial charge is 0.502 e. The molecule has 0 bridgehead atoms. The number of carbonyl (C=O) groups excluding carboxylic acids is 1. The number of nitriles is 1. The SMILES string of the molecule is COc1cc(/C=C(\C#N)C(=O)Nc2ccc(F)cc2)cc(OC)c1O. The molecule has 2 aromatic carbocycles. The Morgan fingerprint density at radius 2 is 1.76 bits per heavy atom. The molecule has 0 aromatic heterocycles. The summed E-state index contributed by atoms with van der Waals surface area (Å²) >= 11 is 0. The van der Waals surface area contributed by atoms with E-state index in [4.69, 9.17) is 9.47 Å². The van der Waals surface area contributed by atoms with Crippen LogP contribution in [0.1, 0.15) is 5.56 Å². The van der Waals surface area contributed by atoms with Gasteiger partial charge in [0.25, 0.3) is 5.91 Å². The highest BCUT2D eigenvalue weighted by molar-refractivity contribution is 6.09. The molecule has 0 fully saturated rings. The van der Waals surface area contributed by atoms with E-state index in [0.717, 1.165) is 0 Å². The Morgan fingerprint density at radius 3 is 2.24 bits per heavy atom. The fourth-order valence-electron chi connectivity index (χ4n) is 2.04. The number of phenolic OH excluding ortho intramolecular Hbond substituents is 1. The lowest BCUT2D eigenvalue weighted by Gasteiger charge is -2.10. The average Bonchev–Trinajstić information content (AvgIpc) is 2.62. The molecule has 0 aliphatic carbocycles. The van der Waals surface area contributed by atoms with Crippen molar-refractivity contribution in [2.75, 3.05) is 19.5 Å². The summed E-state index contributed by atoms with van der Waals surface area (Å²) < 4.78 is 23.0. The van der Waals surface area contributed by atoms with E-state index in [1.807, 2.05) is 0 Å². The Labute approximate surface area is 143 Å². The minimum atomic E-state index is -0.653. The molecule has 7 heteroatoms. The van der Waals surface area contributed by atoms with Gasteiger partial charge in [0.1, 0.15) is 17.5 Å². The van der Waals surface area contributed by atoms with Crippen LogP contribution in [0.25, 0.3) is 6.08 Å². The number of nitrogens with zero attached hydrogens (tertiary/aromatic N) is 1. The second-order valence-corrected chi connectivity index (χ2v) is 4.90. The topological polar surface area (TPSA) is 91.6 Å². The van der Waals surface area contributed by atoms with Crippen molar-refractivity contribution in [2.45, 2.75) is 0 Å². The average molecular weight is 342 g/mol. The number of anilines is 1. The fraction of sp³-hybridized carbons (Fsp3) is 0.111. The molecule has 0 heterocycles. The summed E-state index contributed by atoms with van der Waals surface area (Å²) in [7, 11) is 2.74. The Hall–Kier alpha value is -3.53. The van der Waals surface area contributed by atoms with Gasteiger partial charge in [0.15, 0.2) is 11.5 Å². The van der Waals surface area contributed by atoms with Crippen molar-refractivity contribution < 1.29 is 23.8 Å².